The number of halogens is 1. The van der Waals surface area contributed by atoms with Gasteiger partial charge in [0.15, 0.2) is 11.6 Å². The molecule has 9 heteroatoms. The van der Waals surface area contributed by atoms with Crippen LogP contribution in [0.1, 0.15) is 34.8 Å². The number of hydrogen-bond acceptors (Lipinski definition) is 6. The number of nitrogens with zero attached hydrogens (tertiary/aromatic N) is 6. The van der Waals surface area contributed by atoms with Gasteiger partial charge in [-0.05, 0) is 37.1 Å². The van der Waals surface area contributed by atoms with Crippen molar-refractivity contribution in [2.75, 3.05) is 13.1 Å². The lowest BCUT2D eigenvalue weighted by Gasteiger charge is -2.33. The van der Waals surface area contributed by atoms with Gasteiger partial charge in [0.2, 0.25) is 5.88 Å². The second kappa shape index (κ2) is 9.38. The summed E-state index contributed by atoms with van der Waals surface area (Å²) < 4.78 is 21.6. The number of aromatic nitrogens is 5. The van der Waals surface area contributed by atoms with Gasteiger partial charge in [-0.3, -0.25) is 19.4 Å². The van der Waals surface area contributed by atoms with E-state index in [1.54, 1.807) is 53.6 Å². The van der Waals surface area contributed by atoms with E-state index in [4.69, 9.17) is 4.74 Å². The summed E-state index contributed by atoms with van der Waals surface area (Å²) in [6, 6.07) is 9.70. The normalized spacial score (nSPS) is 15.8. The summed E-state index contributed by atoms with van der Waals surface area (Å²) in [4.78, 5) is 28.3. The van der Waals surface area contributed by atoms with E-state index >= 15 is 0 Å². The fourth-order valence-corrected chi connectivity index (χ4v) is 4.17. The van der Waals surface area contributed by atoms with Gasteiger partial charge in [-0.2, -0.15) is 5.10 Å². The third kappa shape index (κ3) is 4.50. The molecule has 34 heavy (non-hydrogen) atoms. The number of ether oxygens (including phenoxy) is 1. The quantitative estimate of drug-likeness (QED) is 0.445. The Bertz CT molecular complexity index is 1320. The van der Waals surface area contributed by atoms with Crippen LogP contribution in [0.5, 0.6) is 11.6 Å². The topological polar surface area (TPSA) is 86.0 Å². The van der Waals surface area contributed by atoms with Crippen LogP contribution in [0.15, 0.2) is 67.4 Å². The van der Waals surface area contributed by atoms with Gasteiger partial charge in [-0.25, -0.2) is 9.37 Å². The molecule has 1 saturated heterocycles. The highest BCUT2D eigenvalue weighted by Gasteiger charge is 2.29. The number of amides is 1. The van der Waals surface area contributed by atoms with Crippen molar-refractivity contribution in [3.8, 4) is 22.9 Å². The van der Waals surface area contributed by atoms with E-state index < -0.39 is 5.82 Å². The van der Waals surface area contributed by atoms with Gasteiger partial charge >= 0.3 is 0 Å². The number of pyridine rings is 1. The number of carbonyl (C=O) groups excluding carboxylic acids is 1. The van der Waals surface area contributed by atoms with Crippen molar-refractivity contribution in [1.82, 2.24) is 29.6 Å². The maximum absolute atomic E-state index is 14.1. The number of likely N-dealkylation sites (tertiary alicyclic amines) is 1. The molecule has 0 saturated carbocycles. The maximum atomic E-state index is 14.1. The molecule has 1 atom stereocenters. The average molecular weight is 458 g/mol. The van der Waals surface area contributed by atoms with E-state index in [0.717, 1.165) is 18.4 Å². The summed E-state index contributed by atoms with van der Waals surface area (Å²) in [6.45, 7) is 1.11. The van der Waals surface area contributed by atoms with Crippen LogP contribution < -0.4 is 4.74 Å². The molecule has 8 nitrogen and oxygen atoms in total. The number of hydrogen-bond donors (Lipinski definition) is 0. The lowest BCUT2D eigenvalue weighted by atomic mass is 9.94. The van der Waals surface area contributed by atoms with Crippen LogP contribution in [0.25, 0.3) is 11.3 Å². The summed E-state index contributed by atoms with van der Waals surface area (Å²) in [5.74, 6) is -0.269. The Kier molecular flexibility index (Phi) is 5.99. The summed E-state index contributed by atoms with van der Waals surface area (Å²) >= 11 is 0. The lowest BCUT2D eigenvalue weighted by Crippen LogP contribution is -2.39. The Balaban J connectivity index is 1.36. The fraction of sp³-hybridized carbons (Fsp3) is 0.240. The zero-order valence-corrected chi connectivity index (χ0v) is 18.6. The molecule has 0 radical (unpaired) electrons. The molecule has 0 N–H and O–H groups in total. The minimum Gasteiger partial charge on any atom is -0.434 e. The molecule has 1 amide bonds. The van der Waals surface area contributed by atoms with E-state index in [1.165, 1.54) is 12.3 Å². The lowest BCUT2D eigenvalue weighted by molar-refractivity contribution is 0.0704. The largest absolute Gasteiger partial charge is 0.434 e. The first-order valence-electron chi connectivity index (χ1n) is 11.1. The summed E-state index contributed by atoms with van der Waals surface area (Å²) in [5.41, 5.74) is 2.73. The number of carbonyl (C=O) groups is 1. The summed E-state index contributed by atoms with van der Waals surface area (Å²) in [7, 11) is 1.84. The van der Waals surface area contributed by atoms with Crippen LogP contribution in [0, 0.1) is 5.82 Å². The Hall–Kier alpha value is -4.14. The molecular formula is C25H23FN6O2. The van der Waals surface area contributed by atoms with Crippen molar-refractivity contribution < 1.29 is 13.9 Å². The first-order chi connectivity index (χ1) is 16.6. The van der Waals surface area contributed by atoms with Crippen LogP contribution in [-0.2, 0) is 7.05 Å². The minimum absolute atomic E-state index is 0.0716. The minimum atomic E-state index is -0.471. The van der Waals surface area contributed by atoms with Crippen LogP contribution >= 0.6 is 0 Å². The molecule has 0 unspecified atom stereocenters. The second-order valence-corrected chi connectivity index (χ2v) is 8.20. The molecule has 0 spiro atoms. The number of rotatable bonds is 5. The van der Waals surface area contributed by atoms with Crippen molar-refractivity contribution in [2.45, 2.75) is 18.8 Å². The van der Waals surface area contributed by atoms with E-state index in [1.807, 2.05) is 18.1 Å². The summed E-state index contributed by atoms with van der Waals surface area (Å²) in [6.07, 6.45) is 9.97. The molecular weight excluding hydrogens is 435 g/mol. The number of piperidine rings is 1. The van der Waals surface area contributed by atoms with Crippen LogP contribution in [0.3, 0.4) is 0 Å². The third-order valence-corrected chi connectivity index (χ3v) is 5.84. The molecule has 0 bridgehead atoms. The molecule has 1 aromatic carbocycles. The van der Waals surface area contributed by atoms with E-state index in [9.17, 15) is 9.18 Å². The fourth-order valence-electron chi connectivity index (χ4n) is 4.17. The van der Waals surface area contributed by atoms with Gasteiger partial charge in [-0.1, -0.05) is 12.1 Å². The summed E-state index contributed by atoms with van der Waals surface area (Å²) in [5, 5.41) is 4.18. The maximum Gasteiger partial charge on any atom is 0.254 e. The van der Waals surface area contributed by atoms with Gasteiger partial charge in [0, 0.05) is 62.0 Å². The third-order valence-electron chi connectivity index (χ3n) is 5.84. The Labute approximate surface area is 196 Å². The van der Waals surface area contributed by atoms with Crippen molar-refractivity contribution in [3.63, 3.8) is 0 Å². The highest BCUT2D eigenvalue weighted by molar-refractivity contribution is 5.95. The molecule has 172 valence electrons. The van der Waals surface area contributed by atoms with Crippen molar-refractivity contribution in [3.05, 3.63) is 84.5 Å². The highest BCUT2D eigenvalue weighted by Crippen LogP contribution is 2.33. The van der Waals surface area contributed by atoms with Gasteiger partial charge in [-0.15, -0.1) is 0 Å². The molecule has 4 aromatic rings. The van der Waals surface area contributed by atoms with Crippen LogP contribution in [0.4, 0.5) is 4.39 Å². The Morgan fingerprint density at radius 3 is 2.79 bits per heavy atom. The molecule has 1 aliphatic heterocycles. The van der Waals surface area contributed by atoms with E-state index in [0.29, 0.717) is 30.0 Å². The van der Waals surface area contributed by atoms with Gasteiger partial charge in [0.1, 0.15) is 5.69 Å². The number of benzene rings is 1. The van der Waals surface area contributed by atoms with E-state index in [-0.39, 0.29) is 23.5 Å². The predicted octanol–water partition coefficient (Wildman–Crippen LogP) is 4.22. The van der Waals surface area contributed by atoms with Gasteiger partial charge in [0.25, 0.3) is 5.91 Å². The second-order valence-electron chi connectivity index (χ2n) is 8.20. The monoisotopic (exact) mass is 458 g/mol. The SMILES string of the molecule is Cn1cc(-c2cc(C(=O)N3CCC[C@@H](c4nccnc4Oc4ccccc4F)C3)ccn2)cn1. The Morgan fingerprint density at radius 1 is 1.12 bits per heavy atom. The van der Waals surface area contributed by atoms with Gasteiger partial charge < -0.3 is 9.64 Å². The Morgan fingerprint density at radius 2 is 1.97 bits per heavy atom. The first kappa shape index (κ1) is 21.7. The molecule has 4 heterocycles. The predicted molar refractivity (Wildman–Crippen MR) is 123 cm³/mol. The van der Waals surface area contributed by atoms with Crippen molar-refractivity contribution in [1.29, 1.82) is 0 Å². The molecule has 1 fully saturated rings. The number of aryl methyl sites for hydroxylation is 1. The standard InChI is InChI=1S/C25H23FN6O2/c1-31-15-19(14-30-31)21-13-17(8-9-27-21)25(33)32-12-4-5-18(16-32)23-24(29-11-10-28-23)34-22-7-3-2-6-20(22)26/h2-3,6-11,13-15,18H,4-5,12,16H2,1H3/t18-/m1/s1. The molecule has 5 rings (SSSR count). The zero-order valence-electron chi connectivity index (χ0n) is 18.6. The number of para-hydroxylation sites is 1. The van der Waals surface area contributed by atoms with Crippen LogP contribution in [-0.4, -0.2) is 48.6 Å². The zero-order chi connectivity index (χ0) is 23.5. The van der Waals surface area contributed by atoms with Crippen LogP contribution in [0.2, 0.25) is 0 Å². The average Bonchev–Trinajstić information content (AvgIpc) is 3.32. The van der Waals surface area contributed by atoms with Gasteiger partial charge in [0.05, 0.1) is 11.9 Å². The van der Waals surface area contributed by atoms with E-state index in [2.05, 4.69) is 20.1 Å². The first-order valence-corrected chi connectivity index (χ1v) is 11.1. The van der Waals surface area contributed by atoms with Crippen molar-refractivity contribution >= 4 is 5.91 Å². The highest BCUT2D eigenvalue weighted by atomic mass is 19.1. The molecule has 1 aliphatic rings. The smallest absolute Gasteiger partial charge is 0.254 e. The molecule has 3 aromatic heterocycles. The molecule has 0 aliphatic carbocycles. The van der Waals surface area contributed by atoms with Crippen molar-refractivity contribution in [2.24, 2.45) is 7.05 Å².